The second-order valence-electron chi connectivity index (χ2n) is 26.6. The van der Waals surface area contributed by atoms with E-state index in [1.54, 1.807) is 0 Å². The lowest BCUT2D eigenvalue weighted by Crippen LogP contribution is -2.44. The first-order valence-electron chi connectivity index (χ1n) is 37.4. The third-order valence-electron chi connectivity index (χ3n) is 16.7. The number of hydrogen-bond acceptors (Lipinski definition) is 8. The number of likely N-dealkylation sites (N-methyl/N-ethyl adjacent to an activating group) is 1. The van der Waals surface area contributed by atoms with E-state index in [2.05, 4.69) is 74.6 Å². The monoisotopic (exact) mass is 1220 g/mol. The standard InChI is InChI=1S/C78H143NO8/c1-6-8-10-12-14-16-18-20-22-24-26-28-30-32-34-36-37-38-39-41-43-45-47-49-51-53-55-57-59-61-63-65-67-69-76(81)87-74(73-86-78(77(82)83)84-71-70-79(3,4)5)72-85-75(80)68-66-64-62-60-58-56-54-52-50-48-46-44-42-40-35-33-31-29-27-25-23-21-19-17-15-13-11-9-7-2/h8,10,14,16,20,22,25-28,74,78H,6-7,9,11-13,15,17-19,21,23-24,29-73H2,1-5H3/b10-8-,16-14-,22-20-,27-25-,28-26-. The molecule has 0 saturated carbocycles. The van der Waals surface area contributed by atoms with E-state index >= 15 is 0 Å². The molecule has 508 valence electrons. The molecule has 0 aliphatic carbocycles. The van der Waals surface area contributed by atoms with Gasteiger partial charge in [0.1, 0.15) is 13.2 Å². The van der Waals surface area contributed by atoms with Crippen molar-refractivity contribution in [2.24, 2.45) is 0 Å². The number of quaternary nitrogens is 1. The maximum absolute atomic E-state index is 13.0. The summed E-state index contributed by atoms with van der Waals surface area (Å²) in [4.78, 5) is 37.5. The molecule has 0 amide bonds. The summed E-state index contributed by atoms with van der Waals surface area (Å²) in [7, 11) is 5.95. The Hall–Kier alpha value is -3.01. The van der Waals surface area contributed by atoms with E-state index in [9.17, 15) is 19.5 Å². The molecule has 0 fully saturated rings. The van der Waals surface area contributed by atoms with E-state index in [1.807, 2.05) is 21.1 Å². The number of carboxylic acid groups (broad SMARTS) is 1. The Morgan fingerprint density at radius 1 is 0.356 bits per heavy atom. The van der Waals surface area contributed by atoms with Crippen LogP contribution in [0, 0.1) is 0 Å². The van der Waals surface area contributed by atoms with E-state index in [1.165, 1.54) is 270 Å². The summed E-state index contributed by atoms with van der Waals surface area (Å²) >= 11 is 0. The zero-order valence-corrected chi connectivity index (χ0v) is 58.2. The average Bonchev–Trinajstić information content (AvgIpc) is 3.59. The summed E-state index contributed by atoms with van der Waals surface area (Å²) in [6.07, 6.45) is 87.5. The van der Waals surface area contributed by atoms with Crippen molar-refractivity contribution in [3.05, 3.63) is 60.8 Å². The predicted octanol–water partition coefficient (Wildman–Crippen LogP) is 22.1. The second kappa shape index (κ2) is 68.9. The highest BCUT2D eigenvalue weighted by Gasteiger charge is 2.22. The molecular formula is C78H143NO8. The Balaban J connectivity index is 4.03. The first-order valence-corrected chi connectivity index (χ1v) is 37.4. The first-order chi connectivity index (χ1) is 42.6. The fraction of sp³-hybridized carbons (Fsp3) is 0.833. The smallest absolute Gasteiger partial charge is 0.306 e. The van der Waals surface area contributed by atoms with Gasteiger partial charge in [0.2, 0.25) is 0 Å². The number of nitrogens with zero attached hydrogens (tertiary/aromatic N) is 1. The molecule has 0 saturated heterocycles. The minimum absolute atomic E-state index is 0.149. The highest BCUT2D eigenvalue weighted by Crippen LogP contribution is 2.19. The minimum atomic E-state index is -1.62. The van der Waals surface area contributed by atoms with Gasteiger partial charge in [0.25, 0.3) is 0 Å². The summed E-state index contributed by atoms with van der Waals surface area (Å²) in [5.41, 5.74) is 0. The normalized spacial score (nSPS) is 13.0. The van der Waals surface area contributed by atoms with Crippen LogP contribution in [0.2, 0.25) is 0 Å². The van der Waals surface area contributed by atoms with Gasteiger partial charge in [-0.2, -0.15) is 0 Å². The van der Waals surface area contributed by atoms with E-state index in [0.29, 0.717) is 23.9 Å². The SMILES string of the molecule is CC/C=C\C/C=C\C/C=C\C/C=C\CCCCCCCCCCCCCCCCCCCCCCC(=O)OC(COC(=O)CCCCCCCCCCCCCCCCCCC/C=C\CCCCCCCCCC)COC(OCC[N+](C)(C)C)C(=O)[O-]. The quantitative estimate of drug-likeness (QED) is 0.0195. The number of carbonyl (C=O) groups excluding carboxylic acids is 3. The Bertz CT molecular complexity index is 1610. The molecule has 0 radical (unpaired) electrons. The Kier molecular flexibility index (Phi) is 66.5. The molecule has 9 heteroatoms. The van der Waals surface area contributed by atoms with Gasteiger partial charge in [-0.25, -0.2) is 0 Å². The molecule has 0 aliphatic rings. The molecule has 0 bridgehead atoms. The largest absolute Gasteiger partial charge is 0.545 e. The van der Waals surface area contributed by atoms with Crippen LogP contribution in [0.1, 0.15) is 361 Å². The van der Waals surface area contributed by atoms with Gasteiger partial charge in [-0.3, -0.25) is 9.59 Å². The number of ether oxygens (including phenoxy) is 4. The maximum Gasteiger partial charge on any atom is 0.306 e. The summed E-state index contributed by atoms with van der Waals surface area (Å²) in [6.45, 7) is 4.70. The molecule has 0 rings (SSSR count). The Morgan fingerprint density at radius 3 is 0.989 bits per heavy atom. The van der Waals surface area contributed by atoms with E-state index in [0.717, 1.165) is 57.8 Å². The number of unbranched alkanes of at least 4 members (excludes halogenated alkanes) is 45. The number of carboxylic acids is 1. The van der Waals surface area contributed by atoms with Crippen LogP contribution in [0.3, 0.4) is 0 Å². The lowest BCUT2D eigenvalue weighted by molar-refractivity contribution is -0.870. The van der Waals surface area contributed by atoms with Crippen LogP contribution in [-0.4, -0.2) is 82.3 Å². The molecule has 0 spiro atoms. The van der Waals surface area contributed by atoms with Gasteiger partial charge in [0.15, 0.2) is 12.4 Å². The van der Waals surface area contributed by atoms with Gasteiger partial charge >= 0.3 is 11.9 Å². The van der Waals surface area contributed by atoms with Crippen LogP contribution in [0.15, 0.2) is 60.8 Å². The van der Waals surface area contributed by atoms with Crippen LogP contribution in [0.25, 0.3) is 0 Å². The van der Waals surface area contributed by atoms with Gasteiger partial charge < -0.3 is 33.3 Å². The Morgan fingerprint density at radius 2 is 0.655 bits per heavy atom. The summed E-state index contributed by atoms with van der Waals surface area (Å²) in [5.74, 6) is -2.26. The van der Waals surface area contributed by atoms with E-state index < -0.39 is 24.3 Å². The highest BCUT2D eigenvalue weighted by atomic mass is 16.7. The fourth-order valence-corrected chi connectivity index (χ4v) is 11.1. The van der Waals surface area contributed by atoms with Crippen molar-refractivity contribution in [1.29, 1.82) is 0 Å². The number of allylic oxidation sites excluding steroid dienone is 10. The van der Waals surface area contributed by atoms with E-state index in [-0.39, 0.29) is 32.2 Å². The summed E-state index contributed by atoms with van der Waals surface area (Å²) in [6, 6.07) is 0. The van der Waals surface area contributed by atoms with Crippen molar-refractivity contribution in [2.75, 3.05) is 47.5 Å². The van der Waals surface area contributed by atoms with Crippen molar-refractivity contribution in [2.45, 2.75) is 373 Å². The number of aliphatic carboxylic acids is 1. The molecule has 0 aromatic heterocycles. The zero-order valence-electron chi connectivity index (χ0n) is 58.2. The molecule has 0 aromatic carbocycles. The topological polar surface area (TPSA) is 111 Å². The summed E-state index contributed by atoms with van der Waals surface area (Å²) in [5, 5.41) is 11.8. The van der Waals surface area contributed by atoms with Crippen molar-refractivity contribution >= 4 is 17.9 Å². The highest BCUT2D eigenvalue weighted by molar-refractivity contribution is 5.70. The van der Waals surface area contributed by atoms with Crippen molar-refractivity contribution in [3.8, 4) is 0 Å². The van der Waals surface area contributed by atoms with Crippen molar-refractivity contribution in [1.82, 2.24) is 0 Å². The molecule has 0 heterocycles. The molecule has 87 heavy (non-hydrogen) atoms. The van der Waals surface area contributed by atoms with Crippen LogP contribution < -0.4 is 5.11 Å². The number of carbonyl (C=O) groups is 3. The average molecular weight is 1220 g/mol. The lowest BCUT2D eigenvalue weighted by Gasteiger charge is -2.26. The zero-order chi connectivity index (χ0) is 63.3. The van der Waals surface area contributed by atoms with Gasteiger partial charge in [0, 0.05) is 12.8 Å². The van der Waals surface area contributed by atoms with E-state index in [4.69, 9.17) is 18.9 Å². The lowest BCUT2D eigenvalue weighted by atomic mass is 10.0. The van der Waals surface area contributed by atoms with Crippen LogP contribution in [-0.2, 0) is 33.3 Å². The van der Waals surface area contributed by atoms with Gasteiger partial charge in [-0.05, 0) is 77.0 Å². The van der Waals surface area contributed by atoms with Crippen molar-refractivity contribution < 1.29 is 42.9 Å². The molecule has 0 aromatic rings. The minimum Gasteiger partial charge on any atom is -0.545 e. The molecule has 2 unspecified atom stereocenters. The predicted molar refractivity (Wildman–Crippen MR) is 371 cm³/mol. The summed E-state index contributed by atoms with van der Waals surface area (Å²) < 4.78 is 22.9. The third-order valence-corrected chi connectivity index (χ3v) is 16.7. The second-order valence-corrected chi connectivity index (χ2v) is 26.6. The fourth-order valence-electron chi connectivity index (χ4n) is 11.1. The number of esters is 2. The molecular weight excluding hydrogens is 1080 g/mol. The first kappa shape index (κ1) is 84.0. The molecule has 0 aliphatic heterocycles. The van der Waals surface area contributed by atoms with Crippen LogP contribution >= 0.6 is 0 Å². The van der Waals surface area contributed by atoms with Gasteiger partial charge in [0.05, 0.1) is 40.3 Å². The molecule has 2 atom stereocenters. The number of rotatable bonds is 70. The number of hydrogen-bond donors (Lipinski definition) is 0. The van der Waals surface area contributed by atoms with Crippen LogP contribution in [0.5, 0.6) is 0 Å². The third kappa shape index (κ3) is 70.3. The molecule has 0 N–H and O–H groups in total. The molecule has 9 nitrogen and oxygen atoms in total. The van der Waals surface area contributed by atoms with Gasteiger partial charge in [-0.15, -0.1) is 0 Å². The van der Waals surface area contributed by atoms with Crippen molar-refractivity contribution in [3.63, 3.8) is 0 Å². The van der Waals surface area contributed by atoms with Gasteiger partial charge in [-0.1, -0.05) is 331 Å². The maximum atomic E-state index is 13.0. The van der Waals surface area contributed by atoms with Crippen LogP contribution in [0.4, 0.5) is 0 Å². The Labute approximate surface area is 539 Å².